The molecule has 0 radical (unpaired) electrons. The highest BCUT2D eigenvalue weighted by molar-refractivity contribution is 9.09. The highest BCUT2D eigenvalue weighted by Crippen LogP contribution is 2.64. The third-order valence-electron chi connectivity index (χ3n) is 5.19. The number of carboxylic acid groups (broad SMARTS) is 1. The minimum Gasteiger partial charge on any atom is -0.478 e. The molecule has 3 rings (SSSR count). The zero-order chi connectivity index (χ0) is 14.3. The number of ether oxygens (including phenoxy) is 2. The van der Waals surface area contributed by atoms with Crippen molar-refractivity contribution in [2.24, 2.45) is 17.8 Å². The van der Waals surface area contributed by atoms with Crippen molar-refractivity contribution in [3.8, 4) is 0 Å². The Bertz CT molecular complexity index is 439. The number of carboxylic acids is 1. The van der Waals surface area contributed by atoms with E-state index in [0.717, 1.165) is 30.2 Å². The van der Waals surface area contributed by atoms with E-state index in [1.165, 1.54) is 0 Å². The molecule has 0 aromatic heterocycles. The van der Waals surface area contributed by atoms with Crippen molar-refractivity contribution in [1.29, 1.82) is 0 Å². The average Bonchev–Trinajstić information content (AvgIpc) is 3.03. The van der Waals surface area contributed by atoms with Crippen molar-refractivity contribution in [3.63, 3.8) is 0 Å². The molecule has 0 bridgehead atoms. The van der Waals surface area contributed by atoms with Crippen LogP contribution in [-0.2, 0) is 14.3 Å². The maximum Gasteiger partial charge on any atom is 0.331 e. The minimum absolute atomic E-state index is 0.299. The van der Waals surface area contributed by atoms with Crippen LogP contribution in [0.1, 0.15) is 32.6 Å². The standard InChI is InChI=1S/C15H21BrO4/c1-2-9(14(17)18)10-3-4-11-13(10)12(5-6-16)15(11)19-7-8-20-15/h11-13H,2-8H2,1H3,(H,17,18)/b10-9+/t11-,12+,13+/m1/s1. The van der Waals surface area contributed by atoms with Gasteiger partial charge < -0.3 is 14.6 Å². The van der Waals surface area contributed by atoms with Crippen LogP contribution in [0.2, 0.25) is 0 Å². The third-order valence-corrected chi connectivity index (χ3v) is 5.64. The molecule has 20 heavy (non-hydrogen) atoms. The summed E-state index contributed by atoms with van der Waals surface area (Å²) in [7, 11) is 0. The molecule has 1 aliphatic heterocycles. The Labute approximate surface area is 127 Å². The molecule has 0 amide bonds. The summed E-state index contributed by atoms with van der Waals surface area (Å²) in [5, 5.41) is 10.3. The lowest BCUT2D eigenvalue weighted by atomic mass is 9.58. The summed E-state index contributed by atoms with van der Waals surface area (Å²) in [5.74, 6) is -0.179. The fourth-order valence-corrected chi connectivity index (χ4v) is 5.01. The van der Waals surface area contributed by atoms with Gasteiger partial charge in [0.05, 0.1) is 13.2 Å². The van der Waals surface area contributed by atoms with E-state index in [1.54, 1.807) is 0 Å². The normalized spacial score (nSPS) is 36.8. The first-order valence-corrected chi connectivity index (χ1v) is 8.57. The van der Waals surface area contributed by atoms with Crippen LogP contribution in [0.15, 0.2) is 11.1 Å². The molecule has 3 atom stereocenters. The molecule has 112 valence electrons. The second kappa shape index (κ2) is 5.43. The second-order valence-corrected chi connectivity index (χ2v) is 6.63. The molecule has 0 unspecified atom stereocenters. The van der Waals surface area contributed by atoms with Crippen LogP contribution in [0.25, 0.3) is 0 Å². The van der Waals surface area contributed by atoms with Crippen molar-refractivity contribution >= 4 is 21.9 Å². The third kappa shape index (κ3) is 1.90. The van der Waals surface area contributed by atoms with Gasteiger partial charge in [-0.2, -0.15) is 0 Å². The van der Waals surface area contributed by atoms with Crippen LogP contribution in [0.5, 0.6) is 0 Å². The van der Waals surface area contributed by atoms with Gasteiger partial charge in [-0.05, 0) is 31.6 Å². The van der Waals surface area contributed by atoms with E-state index >= 15 is 0 Å². The van der Waals surface area contributed by atoms with Crippen LogP contribution in [0.4, 0.5) is 0 Å². The fourth-order valence-electron chi connectivity index (χ4n) is 4.52. The Kier molecular flexibility index (Phi) is 3.95. The van der Waals surface area contributed by atoms with E-state index in [-0.39, 0.29) is 0 Å². The van der Waals surface area contributed by atoms with Gasteiger partial charge in [0.15, 0.2) is 5.79 Å². The van der Waals surface area contributed by atoms with Crippen molar-refractivity contribution in [2.75, 3.05) is 18.5 Å². The first kappa shape index (κ1) is 14.5. The molecule has 2 saturated carbocycles. The number of hydrogen-bond donors (Lipinski definition) is 1. The molecule has 1 saturated heterocycles. The van der Waals surface area contributed by atoms with Gasteiger partial charge in [-0.25, -0.2) is 4.79 Å². The van der Waals surface area contributed by atoms with Crippen molar-refractivity contribution in [2.45, 2.75) is 38.4 Å². The summed E-state index contributed by atoms with van der Waals surface area (Å²) in [6.45, 7) is 3.27. The lowest BCUT2D eigenvalue weighted by Crippen LogP contribution is -2.61. The maximum absolute atomic E-state index is 11.4. The van der Waals surface area contributed by atoms with Gasteiger partial charge in [-0.1, -0.05) is 28.4 Å². The summed E-state index contributed by atoms with van der Waals surface area (Å²) >= 11 is 3.51. The summed E-state index contributed by atoms with van der Waals surface area (Å²) in [4.78, 5) is 11.4. The minimum atomic E-state index is -0.755. The van der Waals surface area contributed by atoms with Crippen LogP contribution >= 0.6 is 15.9 Å². The van der Waals surface area contributed by atoms with Crippen molar-refractivity contribution in [3.05, 3.63) is 11.1 Å². The van der Waals surface area contributed by atoms with Crippen LogP contribution in [0, 0.1) is 17.8 Å². The van der Waals surface area contributed by atoms with E-state index < -0.39 is 11.8 Å². The molecule has 1 N–H and O–H groups in total. The molecule has 0 aromatic carbocycles. The zero-order valence-electron chi connectivity index (χ0n) is 11.7. The average molecular weight is 345 g/mol. The Balaban J connectivity index is 1.92. The summed E-state index contributed by atoms with van der Waals surface area (Å²) < 4.78 is 11.9. The number of alkyl halides is 1. The van der Waals surface area contributed by atoms with E-state index in [4.69, 9.17) is 9.47 Å². The number of fused-ring (bicyclic) bond motifs is 2. The molecular weight excluding hydrogens is 324 g/mol. The highest BCUT2D eigenvalue weighted by atomic mass is 79.9. The smallest absolute Gasteiger partial charge is 0.331 e. The van der Waals surface area contributed by atoms with E-state index in [1.807, 2.05) is 6.92 Å². The predicted molar refractivity (Wildman–Crippen MR) is 77.7 cm³/mol. The molecule has 2 aliphatic carbocycles. The Morgan fingerprint density at radius 3 is 2.70 bits per heavy atom. The Morgan fingerprint density at radius 1 is 1.45 bits per heavy atom. The SMILES string of the molecule is CC/C(C(=O)O)=C1/CC[C@@H]2[C@H]1[C@H](CCBr)C21OCCO1. The van der Waals surface area contributed by atoms with Gasteiger partial charge in [-0.3, -0.25) is 0 Å². The fraction of sp³-hybridized carbons (Fsp3) is 0.800. The van der Waals surface area contributed by atoms with Gasteiger partial charge in [0.2, 0.25) is 0 Å². The monoisotopic (exact) mass is 344 g/mol. The van der Waals surface area contributed by atoms with Gasteiger partial charge in [0, 0.05) is 22.7 Å². The molecular formula is C15H21BrO4. The lowest BCUT2D eigenvalue weighted by molar-refractivity contribution is -0.306. The quantitative estimate of drug-likeness (QED) is 0.629. The molecule has 4 nitrogen and oxygen atoms in total. The zero-order valence-corrected chi connectivity index (χ0v) is 13.3. The Morgan fingerprint density at radius 2 is 2.15 bits per heavy atom. The summed E-state index contributed by atoms with van der Waals surface area (Å²) in [6, 6.07) is 0. The molecule has 1 heterocycles. The number of allylic oxidation sites excluding steroid dienone is 1. The van der Waals surface area contributed by atoms with E-state index in [0.29, 0.717) is 43.0 Å². The summed E-state index contributed by atoms with van der Waals surface area (Å²) in [6.07, 6.45) is 3.46. The molecule has 0 aromatic rings. The van der Waals surface area contributed by atoms with Gasteiger partial charge in [0.1, 0.15) is 0 Å². The molecule has 5 heteroatoms. The predicted octanol–water partition coefficient (Wildman–Crippen LogP) is 2.96. The van der Waals surface area contributed by atoms with Crippen molar-refractivity contribution in [1.82, 2.24) is 0 Å². The van der Waals surface area contributed by atoms with Crippen LogP contribution in [-0.4, -0.2) is 35.4 Å². The topological polar surface area (TPSA) is 55.8 Å². The van der Waals surface area contributed by atoms with E-state index in [9.17, 15) is 9.90 Å². The number of halogens is 1. The van der Waals surface area contributed by atoms with Gasteiger partial charge in [-0.15, -0.1) is 0 Å². The largest absolute Gasteiger partial charge is 0.478 e. The van der Waals surface area contributed by atoms with Gasteiger partial charge >= 0.3 is 5.97 Å². The second-order valence-electron chi connectivity index (χ2n) is 5.84. The highest BCUT2D eigenvalue weighted by Gasteiger charge is 2.68. The lowest BCUT2D eigenvalue weighted by Gasteiger charge is -2.55. The summed E-state index contributed by atoms with van der Waals surface area (Å²) in [5.41, 5.74) is 1.77. The van der Waals surface area contributed by atoms with E-state index in [2.05, 4.69) is 15.9 Å². The number of hydrogen-bond acceptors (Lipinski definition) is 3. The Hall–Kier alpha value is -0.390. The first-order chi connectivity index (χ1) is 9.65. The van der Waals surface area contributed by atoms with Gasteiger partial charge in [0.25, 0.3) is 0 Å². The van der Waals surface area contributed by atoms with Crippen LogP contribution in [0.3, 0.4) is 0 Å². The van der Waals surface area contributed by atoms with Crippen LogP contribution < -0.4 is 0 Å². The van der Waals surface area contributed by atoms with Crippen molar-refractivity contribution < 1.29 is 19.4 Å². The molecule has 1 spiro atoms. The maximum atomic E-state index is 11.4. The number of aliphatic carboxylic acids is 1. The first-order valence-electron chi connectivity index (χ1n) is 7.44. The molecule has 3 fully saturated rings. The number of carbonyl (C=O) groups is 1. The number of rotatable bonds is 4. The molecule has 3 aliphatic rings.